The van der Waals surface area contributed by atoms with Gasteiger partial charge in [0.15, 0.2) is 5.01 Å². The number of thiazole rings is 1. The molecule has 136 valence electrons. The quantitative estimate of drug-likeness (QED) is 0.533. The summed E-state index contributed by atoms with van der Waals surface area (Å²) >= 11 is 1.28. The standard InChI is InChI=1S/C19H14BN5O2S/c1-12-9-21-18(28-12)19(26)25-20(27)16-7-6-15(8-14(16)11-23-25)24-17-5-3-2-4-13(17)10-22-24/h2-11,27H,1H3. The van der Waals surface area contributed by atoms with Crippen LogP contribution in [0.5, 0.6) is 0 Å². The zero-order valence-electron chi connectivity index (χ0n) is 14.9. The lowest BCUT2D eigenvalue weighted by atomic mass is 9.69. The van der Waals surface area contributed by atoms with E-state index in [0.717, 1.165) is 32.0 Å². The summed E-state index contributed by atoms with van der Waals surface area (Å²) in [6.07, 6.45) is 5.02. The molecule has 5 rings (SSSR count). The second-order valence-corrected chi connectivity index (χ2v) is 7.71. The van der Waals surface area contributed by atoms with E-state index in [4.69, 9.17) is 0 Å². The largest absolute Gasteiger partial charge is 0.474 e. The van der Waals surface area contributed by atoms with Crippen LogP contribution in [0.2, 0.25) is 0 Å². The highest BCUT2D eigenvalue weighted by molar-refractivity contribution is 7.13. The van der Waals surface area contributed by atoms with Crippen LogP contribution in [0, 0.1) is 6.92 Å². The van der Waals surface area contributed by atoms with Crippen LogP contribution >= 0.6 is 11.3 Å². The predicted molar refractivity (Wildman–Crippen MR) is 109 cm³/mol. The van der Waals surface area contributed by atoms with E-state index in [1.807, 2.05) is 54.2 Å². The molecule has 0 saturated carbocycles. The van der Waals surface area contributed by atoms with Gasteiger partial charge < -0.3 is 5.02 Å². The zero-order chi connectivity index (χ0) is 19.3. The summed E-state index contributed by atoms with van der Waals surface area (Å²) in [5.41, 5.74) is 3.20. The van der Waals surface area contributed by atoms with Crippen molar-refractivity contribution in [2.24, 2.45) is 5.10 Å². The maximum absolute atomic E-state index is 12.6. The van der Waals surface area contributed by atoms with E-state index in [2.05, 4.69) is 15.2 Å². The van der Waals surface area contributed by atoms with E-state index in [9.17, 15) is 9.82 Å². The molecule has 0 aliphatic carbocycles. The lowest BCUT2D eigenvalue weighted by molar-refractivity contribution is 0.0845. The van der Waals surface area contributed by atoms with Crippen LogP contribution in [0.25, 0.3) is 16.6 Å². The monoisotopic (exact) mass is 387 g/mol. The Hall–Kier alpha value is -3.30. The molecule has 7 nitrogen and oxygen atoms in total. The molecule has 4 aromatic rings. The molecule has 0 atom stereocenters. The predicted octanol–water partition coefficient (Wildman–Crippen LogP) is 1.97. The number of nitrogens with zero attached hydrogens (tertiary/aromatic N) is 5. The van der Waals surface area contributed by atoms with Crippen molar-refractivity contribution in [3.8, 4) is 5.69 Å². The molecule has 0 radical (unpaired) electrons. The van der Waals surface area contributed by atoms with Gasteiger partial charge in [0, 0.05) is 16.5 Å². The summed E-state index contributed by atoms with van der Waals surface area (Å²) in [4.78, 5) is 18.7. The van der Waals surface area contributed by atoms with E-state index in [-0.39, 0.29) is 0 Å². The van der Waals surface area contributed by atoms with Gasteiger partial charge in [-0.3, -0.25) is 4.79 Å². The van der Waals surface area contributed by atoms with Crippen molar-refractivity contribution in [3.05, 3.63) is 70.3 Å². The molecule has 0 saturated heterocycles. The van der Waals surface area contributed by atoms with Crippen LogP contribution in [-0.4, -0.2) is 43.9 Å². The fourth-order valence-electron chi connectivity index (χ4n) is 3.25. The third kappa shape index (κ3) is 2.64. The summed E-state index contributed by atoms with van der Waals surface area (Å²) in [7, 11) is -1.17. The van der Waals surface area contributed by atoms with Gasteiger partial charge in [-0.1, -0.05) is 24.3 Å². The number of carbonyl (C=O) groups excluding carboxylic acids is 1. The lowest BCUT2D eigenvalue weighted by Crippen LogP contribution is -2.52. The third-order valence-corrected chi connectivity index (χ3v) is 5.54. The molecule has 0 bridgehead atoms. The number of benzene rings is 2. The number of aryl methyl sites for hydroxylation is 1. The number of aromatic nitrogens is 3. The third-order valence-electron chi connectivity index (χ3n) is 4.64. The average molecular weight is 387 g/mol. The van der Waals surface area contributed by atoms with Gasteiger partial charge in [-0.2, -0.15) is 10.2 Å². The smallest absolute Gasteiger partial charge is 0.427 e. The first-order valence-corrected chi connectivity index (χ1v) is 9.48. The Morgan fingerprint density at radius 2 is 2.04 bits per heavy atom. The summed E-state index contributed by atoms with van der Waals surface area (Å²) in [5.74, 6) is -0.422. The number of hydrogen-bond acceptors (Lipinski definition) is 6. The SMILES string of the molecule is Cc1cnc(C(=O)N2N=Cc3cc(-n4ncc5ccccc54)ccc3B2O)s1. The molecule has 1 aliphatic heterocycles. The van der Waals surface area contributed by atoms with Gasteiger partial charge in [-0.15, -0.1) is 11.3 Å². The number of carbonyl (C=O) groups is 1. The first-order valence-electron chi connectivity index (χ1n) is 8.67. The number of para-hydroxylation sites is 1. The normalized spacial score (nSPS) is 13.2. The topological polar surface area (TPSA) is 83.6 Å². The first kappa shape index (κ1) is 16.8. The van der Waals surface area contributed by atoms with Crippen molar-refractivity contribution in [3.63, 3.8) is 0 Å². The maximum Gasteiger partial charge on any atom is 0.474 e. The molecule has 0 unspecified atom stereocenters. The van der Waals surface area contributed by atoms with Crippen LogP contribution in [0.1, 0.15) is 20.2 Å². The average Bonchev–Trinajstić information content (AvgIpc) is 3.34. The molecule has 2 aromatic heterocycles. The molecule has 28 heavy (non-hydrogen) atoms. The second kappa shape index (κ2) is 6.40. The highest BCUT2D eigenvalue weighted by Crippen LogP contribution is 2.20. The molecule has 1 N–H and O–H groups in total. The molecule has 2 aromatic carbocycles. The molecule has 0 fully saturated rings. The van der Waals surface area contributed by atoms with E-state index in [0.29, 0.717) is 10.5 Å². The lowest BCUT2D eigenvalue weighted by Gasteiger charge is -2.24. The number of amides is 1. The Morgan fingerprint density at radius 1 is 1.18 bits per heavy atom. The molecule has 1 aliphatic rings. The molecule has 1 amide bonds. The number of hydrazone groups is 1. The fourth-order valence-corrected chi connectivity index (χ4v) is 3.95. The van der Waals surface area contributed by atoms with Gasteiger partial charge in [-0.05, 0) is 36.1 Å². The van der Waals surface area contributed by atoms with Gasteiger partial charge in [0.2, 0.25) is 0 Å². The molecule has 9 heteroatoms. The second-order valence-electron chi connectivity index (χ2n) is 6.47. The van der Waals surface area contributed by atoms with Gasteiger partial charge in [-0.25, -0.2) is 14.6 Å². The number of rotatable bonds is 2. The van der Waals surface area contributed by atoms with Crippen molar-refractivity contribution in [1.29, 1.82) is 0 Å². The van der Waals surface area contributed by atoms with Crippen LogP contribution in [0.15, 0.2) is 60.0 Å². The zero-order valence-corrected chi connectivity index (χ0v) is 15.7. The Labute approximate surface area is 164 Å². The number of fused-ring (bicyclic) bond motifs is 2. The first-order chi connectivity index (χ1) is 13.6. The van der Waals surface area contributed by atoms with Crippen LogP contribution in [0.3, 0.4) is 0 Å². The fraction of sp³-hybridized carbons (Fsp3) is 0.0526. The Kier molecular flexibility index (Phi) is 3.85. The summed E-state index contributed by atoms with van der Waals surface area (Å²) in [6.45, 7) is 1.88. The van der Waals surface area contributed by atoms with E-state index in [1.54, 1.807) is 18.5 Å². The minimum Gasteiger partial charge on any atom is -0.427 e. The number of hydrogen-bond donors (Lipinski definition) is 1. The minimum absolute atomic E-state index is 0.303. The van der Waals surface area contributed by atoms with Gasteiger partial charge in [0.1, 0.15) is 0 Å². The van der Waals surface area contributed by atoms with Crippen molar-refractivity contribution < 1.29 is 9.82 Å². The molecular formula is C19H14BN5O2S. The van der Waals surface area contributed by atoms with Crippen molar-refractivity contribution in [2.45, 2.75) is 6.92 Å². The van der Waals surface area contributed by atoms with Gasteiger partial charge in [0.25, 0.3) is 5.91 Å². The Morgan fingerprint density at radius 3 is 2.86 bits per heavy atom. The van der Waals surface area contributed by atoms with Crippen molar-refractivity contribution in [2.75, 3.05) is 0 Å². The van der Waals surface area contributed by atoms with Crippen molar-refractivity contribution in [1.82, 2.24) is 19.7 Å². The van der Waals surface area contributed by atoms with E-state index >= 15 is 0 Å². The summed E-state index contributed by atoms with van der Waals surface area (Å²) < 4.78 is 1.84. The molecule has 0 spiro atoms. The van der Waals surface area contributed by atoms with Crippen LogP contribution < -0.4 is 5.46 Å². The Bertz CT molecular complexity index is 1250. The van der Waals surface area contributed by atoms with Crippen molar-refractivity contribution >= 4 is 46.9 Å². The Balaban J connectivity index is 1.51. The summed E-state index contributed by atoms with van der Waals surface area (Å²) in [6, 6.07) is 13.5. The van der Waals surface area contributed by atoms with E-state index in [1.165, 1.54) is 11.3 Å². The minimum atomic E-state index is -1.17. The molecular weight excluding hydrogens is 373 g/mol. The highest BCUT2D eigenvalue weighted by atomic mass is 32.1. The van der Waals surface area contributed by atoms with Gasteiger partial charge in [0.05, 0.1) is 23.6 Å². The van der Waals surface area contributed by atoms with E-state index < -0.39 is 13.0 Å². The van der Waals surface area contributed by atoms with Gasteiger partial charge >= 0.3 is 7.05 Å². The highest BCUT2D eigenvalue weighted by Gasteiger charge is 2.35. The van der Waals surface area contributed by atoms with Crippen LogP contribution in [-0.2, 0) is 0 Å². The molecule has 3 heterocycles. The van der Waals surface area contributed by atoms with Crippen LogP contribution in [0.4, 0.5) is 0 Å². The summed E-state index contributed by atoms with van der Waals surface area (Å²) in [5, 5.41) is 20.7. The maximum atomic E-state index is 12.6.